The van der Waals surface area contributed by atoms with E-state index in [9.17, 15) is 13.5 Å². The zero-order chi connectivity index (χ0) is 14.8. The number of rotatable bonds is 5. The van der Waals surface area contributed by atoms with E-state index in [1.54, 1.807) is 4.31 Å². The predicted octanol–water partition coefficient (Wildman–Crippen LogP) is 1.59. The van der Waals surface area contributed by atoms with Crippen molar-refractivity contribution in [2.75, 3.05) is 19.6 Å². The fourth-order valence-corrected chi connectivity index (χ4v) is 5.67. The third kappa shape index (κ3) is 3.03. The molecule has 0 amide bonds. The normalized spacial score (nSPS) is 32.9. The van der Waals surface area contributed by atoms with Gasteiger partial charge >= 0.3 is 0 Å². The fourth-order valence-electron chi connectivity index (χ4n) is 3.76. The van der Waals surface area contributed by atoms with Crippen molar-refractivity contribution < 1.29 is 13.5 Å². The van der Waals surface area contributed by atoms with Crippen LogP contribution in [0.15, 0.2) is 0 Å². The molecular weight excluding hydrogens is 276 g/mol. The molecule has 0 aromatic carbocycles. The molecule has 1 aliphatic carbocycles. The quantitative estimate of drug-likeness (QED) is 0.839. The van der Waals surface area contributed by atoms with Crippen LogP contribution in [0.3, 0.4) is 0 Å². The van der Waals surface area contributed by atoms with Crippen LogP contribution in [0.25, 0.3) is 0 Å². The number of hydrogen-bond acceptors (Lipinski definition) is 3. The molecule has 118 valence electrons. The summed E-state index contributed by atoms with van der Waals surface area (Å²) >= 11 is 0. The van der Waals surface area contributed by atoms with Gasteiger partial charge in [-0.05, 0) is 25.7 Å². The molecule has 0 radical (unpaired) electrons. The van der Waals surface area contributed by atoms with E-state index < -0.39 is 10.2 Å². The van der Waals surface area contributed by atoms with Crippen molar-refractivity contribution >= 4 is 10.2 Å². The van der Waals surface area contributed by atoms with Crippen LogP contribution in [0.5, 0.6) is 0 Å². The zero-order valence-electron chi connectivity index (χ0n) is 12.7. The molecule has 5 nitrogen and oxygen atoms in total. The summed E-state index contributed by atoms with van der Waals surface area (Å²) in [5.41, 5.74) is 0. The lowest BCUT2D eigenvalue weighted by Gasteiger charge is -2.41. The zero-order valence-corrected chi connectivity index (χ0v) is 13.5. The standard InChI is InChI=1S/C14H28N2O3S/c1-3-15(4-2)20(18,19)16-11-6-5-9-13(16)12-8-7-10-14(12)17/h12-14,17H,3-11H2,1-2H3. The van der Waals surface area contributed by atoms with Crippen LogP contribution in [0.4, 0.5) is 0 Å². The molecular formula is C14H28N2O3S. The molecule has 2 fully saturated rings. The van der Waals surface area contributed by atoms with Crippen molar-refractivity contribution in [3.63, 3.8) is 0 Å². The summed E-state index contributed by atoms with van der Waals surface area (Å²) < 4.78 is 28.8. The largest absolute Gasteiger partial charge is 0.393 e. The Morgan fingerprint density at radius 1 is 1.10 bits per heavy atom. The van der Waals surface area contributed by atoms with E-state index in [0.717, 1.165) is 38.5 Å². The molecule has 1 saturated carbocycles. The van der Waals surface area contributed by atoms with Gasteiger partial charge in [0.1, 0.15) is 0 Å². The molecule has 2 aliphatic rings. The number of aliphatic hydroxyl groups excluding tert-OH is 1. The molecule has 0 aromatic rings. The monoisotopic (exact) mass is 304 g/mol. The average molecular weight is 304 g/mol. The Hall–Kier alpha value is -0.170. The van der Waals surface area contributed by atoms with Crippen molar-refractivity contribution in [3.8, 4) is 0 Å². The van der Waals surface area contributed by atoms with Gasteiger partial charge in [0.15, 0.2) is 0 Å². The summed E-state index contributed by atoms with van der Waals surface area (Å²) in [6.45, 7) is 5.38. The van der Waals surface area contributed by atoms with Crippen molar-refractivity contribution in [3.05, 3.63) is 0 Å². The Labute approximate surface area is 123 Å². The molecule has 6 heteroatoms. The Balaban J connectivity index is 2.22. The first kappa shape index (κ1) is 16.2. The average Bonchev–Trinajstić information content (AvgIpc) is 2.86. The lowest BCUT2D eigenvalue weighted by Crippen LogP contribution is -2.54. The molecule has 0 aromatic heterocycles. The number of aliphatic hydroxyl groups is 1. The second kappa shape index (κ2) is 6.73. The van der Waals surface area contributed by atoms with Crippen LogP contribution >= 0.6 is 0 Å². The van der Waals surface area contributed by atoms with Crippen molar-refractivity contribution in [2.24, 2.45) is 5.92 Å². The third-order valence-corrected chi connectivity index (χ3v) is 7.07. The van der Waals surface area contributed by atoms with Gasteiger partial charge in [-0.25, -0.2) is 0 Å². The second-order valence-electron chi connectivity index (χ2n) is 5.93. The summed E-state index contributed by atoms with van der Waals surface area (Å²) in [6.07, 6.45) is 5.35. The Bertz CT molecular complexity index is 409. The lowest BCUT2D eigenvalue weighted by atomic mass is 9.89. The van der Waals surface area contributed by atoms with Crippen LogP contribution in [-0.2, 0) is 10.2 Å². The molecule has 20 heavy (non-hydrogen) atoms. The smallest absolute Gasteiger partial charge is 0.282 e. The van der Waals surface area contributed by atoms with Crippen LogP contribution in [0, 0.1) is 5.92 Å². The topological polar surface area (TPSA) is 60.9 Å². The van der Waals surface area contributed by atoms with Gasteiger partial charge in [-0.3, -0.25) is 0 Å². The van der Waals surface area contributed by atoms with Crippen LogP contribution in [0.1, 0.15) is 52.4 Å². The minimum atomic E-state index is -3.38. The summed E-state index contributed by atoms with van der Waals surface area (Å²) in [7, 11) is -3.38. The van der Waals surface area contributed by atoms with Gasteiger partial charge < -0.3 is 5.11 Å². The molecule has 0 spiro atoms. The van der Waals surface area contributed by atoms with E-state index in [0.29, 0.717) is 19.6 Å². The van der Waals surface area contributed by atoms with Gasteiger partial charge in [0.05, 0.1) is 6.10 Å². The Morgan fingerprint density at radius 3 is 2.35 bits per heavy atom. The molecule has 3 unspecified atom stereocenters. The maximum atomic E-state index is 12.8. The highest BCUT2D eigenvalue weighted by Gasteiger charge is 2.42. The highest BCUT2D eigenvalue weighted by atomic mass is 32.2. The highest BCUT2D eigenvalue weighted by Crippen LogP contribution is 2.36. The summed E-state index contributed by atoms with van der Waals surface area (Å²) in [6, 6.07) is -0.00755. The van der Waals surface area contributed by atoms with Crippen molar-refractivity contribution in [1.82, 2.24) is 8.61 Å². The van der Waals surface area contributed by atoms with E-state index in [-0.39, 0.29) is 18.1 Å². The molecule has 0 bridgehead atoms. The lowest BCUT2D eigenvalue weighted by molar-refractivity contribution is 0.0698. The van der Waals surface area contributed by atoms with Gasteiger partial charge in [-0.15, -0.1) is 0 Å². The first-order valence-electron chi connectivity index (χ1n) is 7.97. The molecule has 2 rings (SSSR count). The first-order valence-corrected chi connectivity index (χ1v) is 9.37. The summed E-state index contributed by atoms with van der Waals surface area (Å²) in [5.74, 6) is 0.126. The van der Waals surface area contributed by atoms with Crippen molar-refractivity contribution in [2.45, 2.75) is 64.5 Å². The van der Waals surface area contributed by atoms with E-state index in [2.05, 4.69) is 0 Å². The van der Waals surface area contributed by atoms with Gasteiger partial charge in [0.25, 0.3) is 10.2 Å². The van der Waals surface area contributed by atoms with Crippen LogP contribution in [0.2, 0.25) is 0 Å². The summed E-state index contributed by atoms with van der Waals surface area (Å²) in [4.78, 5) is 0. The fraction of sp³-hybridized carbons (Fsp3) is 1.00. The van der Waals surface area contributed by atoms with E-state index in [1.807, 2.05) is 13.8 Å². The Morgan fingerprint density at radius 2 is 1.80 bits per heavy atom. The highest BCUT2D eigenvalue weighted by molar-refractivity contribution is 7.86. The Kier molecular flexibility index (Phi) is 5.45. The van der Waals surface area contributed by atoms with Gasteiger partial charge in [0.2, 0.25) is 0 Å². The molecule has 1 N–H and O–H groups in total. The third-order valence-electron chi connectivity index (χ3n) is 4.85. The summed E-state index contributed by atoms with van der Waals surface area (Å²) in [5, 5.41) is 10.1. The molecule has 1 saturated heterocycles. The van der Waals surface area contributed by atoms with Gasteiger partial charge in [0, 0.05) is 31.6 Å². The van der Waals surface area contributed by atoms with Crippen LogP contribution in [-0.4, -0.2) is 53.9 Å². The molecule has 1 aliphatic heterocycles. The van der Waals surface area contributed by atoms with Crippen LogP contribution < -0.4 is 0 Å². The number of piperidine rings is 1. The molecule has 1 heterocycles. The minimum absolute atomic E-state index is 0.00755. The molecule has 3 atom stereocenters. The second-order valence-corrected chi connectivity index (χ2v) is 7.81. The van der Waals surface area contributed by atoms with E-state index in [4.69, 9.17) is 0 Å². The first-order chi connectivity index (χ1) is 9.52. The number of hydrogen-bond donors (Lipinski definition) is 1. The van der Waals surface area contributed by atoms with Crippen molar-refractivity contribution in [1.29, 1.82) is 0 Å². The predicted molar refractivity (Wildman–Crippen MR) is 79.5 cm³/mol. The van der Waals surface area contributed by atoms with E-state index >= 15 is 0 Å². The maximum absolute atomic E-state index is 12.8. The minimum Gasteiger partial charge on any atom is -0.393 e. The van der Waals surface area contributed by atoms with Gasteiger partial charge in [-0.2, -0.15) is 17.0 Å². The number of nitrogens with zero attached hydrogens (tertiary/aromatic N) is 2. The van der Waals surface area contributed by atoms with E-state index in [1.165, 1.54) is 4.31 Å². The SMILES string of the molecule is CCN(CC)S(=O)(=O)N1CCCCC1C1CCCC1O. The van der Waals surface area contributed by atoms with Gasteiger partial charge in [-0.1, -0.05) is 26.7 Å². The maximum Gasteiger partial charge on any atom is 0.282 e.